The molecule has 0 bridgehead atoms. The molecule has 1 saturated heterocycles. The lowest BCUT2D eigenvalue weighted by Crippen LogP contribution is -2.48. The van der Waals surface area contributed by atoms with Gasteiger partial charge in [-0.2, -0.15) is 0 Å². The summed E-state index contributed by atoms with van der Waals surface area (Å²) in [5.74, 6) is 0.336. The summed E-state index contributed by atoms with van der Waals surface area (Å²) in [5.41, 5.74) is 7.84. The average molecular weight is 374 g/mol. The van der Waals surface area contributed by atoms with Gasteiger partial charge >= 0.3 is 0 Å². The molecule has 26 heavy (non-hydrogen) atoms. The molecule has 6 heteroatoms. The van der Waals surface area contributed by atoms with E-state index in [-0.39, 0.29) is 11.9 Å². The number of ether oxygens (including phenoxy) is 1. The SMILES string of the molecule is COc1cc(N)c(Cl)cc1C(=O)N(C)C1CCCN(c2ccccc2)C1. The van der Waals surface area contributed by atoms with Gasteiger partial charge in [0.2, 0.25) is 0 Å². The largest absolute Gasteiger partial charge is 0.496 e. The van der Waals surface area contributed by atoms with Crippen LogP contribution in [0.2, 0.25) is 5.02 Å². The zero-order valence-corrected chi connectivity index (χ0v) is 15.9. The van der Waals surface area contributed by atoms with E-state index in [0.717, 1.165) is 25.9 Å². The number of nitrogen functional groups attached to an aromatic ring is 1. The summed E-state index contributed by atoms with van der Waals surface area (Å²) in [6.45, 7) is 1.80. The van der Waals surface area contributed by atoms with Crippen molar-refractivity contribution in [3.8, 4) is 5.75 Å². The highest BCUT2D eigenvalue weighted by Gasteiger charge is 2.28. The number of benzene rings is 2. The van der Waals surface area contributed by atoms with Crippen molar-refractivity contribution in [2.75, 3.05) is 37.9 Å². The Hall–Kier alpha value is -2.40. The van der Waals surface area contributed by atoms with Crippen LogP contribution in [0.5, 0.6) is 5.75 Å². The molecular weight excluding hydrogens is 350 g/mol. The minimum absolute atomic E-state index is 0.108. The summed E-state index contributed by atoms with van der Waals surface area (Å²) >= 11 is 6.12. The van der Waals surface area contributed by atoms with E-state index in [2.05, 4.69) is 17.0 Å². The predicted octanol–water partition coefficient (Wildman–Crippen LogP) is 3.67. The first kappa shape index (κ1) is 18.4. The number of amides is 1. The number of halogens is 1. The average Bonchev–Trinajstić information content (AvgIpc) is 2.69. The van der Waals surface area contributed by atoms with Gasteiger partial charge in [-0.3, -0.25) is 4.79 Å². The Balaban J connectivity index is 1.79. The minimum atomic E-state index is -0.108. The monoisotopic (exact) mass is 373 g/mol. The van der Waals surface area contributed by atoms with Gasteiger partial charge < -0.3 is 20.3 Å². The summed E-state index contributed by atoms with van der Waals surface area (Å²) in [5, 5.41) is 0.358. The third kappa shape index (κ3) is 3.73. The lowest BCUT2D eigenvalue weighted by molar-refractivity contribution is 0.0714. The summed E-state index contributed by atoms with van der Waals surface area (Å²) in [6.07, 6.45) is 2.01. The number of anilines is 2. The van der Waals surface area contributed by atoms with Gasteiger partial charge in [0.05, 0.1) is 23.4 Å². The van der Waals surface area contributed by atoms with Crippen LogP contribution in [-0.2, 0) is 0 Å². The lowest BCUT2D eigenvalue weighted by Gasteiger charge is -2.39. The highest BCUT2D eigenvalue weighted by atomic mass is 35.5. The maximum atomic E-state index is 13.1. The molecule has 1 fully saturated rings. The number of carbonyl (C=O) groups is 1. The quantitative estimate of drug-likeness (QED) is 0.831. The molecule has 1 heterocycles. The molecule has 1 aliphatic heterocycles. The van der Waals surface area contributed by atoms with Gasteiger partial charge in [-0.05, 0) is 31.0 Å². The van der Waals surface area contributed by atoms with E-state index >= 15 is 0 Å². The van der Waals surface area contributed by atoms with E-state index in [1.165, 1.54) is 12.8 Å². The Kier molecular flexibility index (Phi) is 5.57. The van der Waals surface area contributed by atoms with Gasteiger partial charge in [-0.15, -0.1) is 0 Å². The van der Waals surface area contributed by atoms with Crippen LogP contribution >= 0.6 is 11.6 Å². The number of hydrogen-bond donors (Lipinski definition) is 1. The first-order valence-electron chi connectivity index (χ1n) is 8.71. The first-order chi connectivity index (χ1) is 12.5. The fraction of sp³-hybridized carbons (Fsp3) is 0.350. The number of methoxy groups -OCH3 is 1. The molecule has 1 aliphatic rings. The highest BCUT2D eigenvalue weighted by molar-refractivity contribution is 6.33. The Morgan fingerprint density at radius 2 is 2.04 bits per heavy atom. The molecule has 138 valence electrons. The highest BCUT2D eigenvalue weighted by Crippen LogP contribution is 2.31. The maximum Gasteiger partial charge on any atom is 0.257 e. The Morgan fingerprint density at radius 3 is 2.73 bits per heavy atom. The Bertz CT molecular complexity index is 782. The summed E-state index contributed by atoms with van der Waals surface area (Å²) in [6, 6.07) is 13.6. The van der Waals surface area contributed by atoms with Gasteiger partial charge in [0.25, 0.3) is 5.91 Å². The van der Waals surface area contributed by atoms with Crippen molar-refractivity contribution in [1.29, 1.82) is 0 Å². The standard InChI is InChI=1S/C20H24ClN3O2/c1-23(20(25)16-11-17(21)18(22)12-19(16)26-2)15-9-6-10-24(13-15)14-7-4-3-5-8-14/h3-5,7-8,11-12,15H,6,9-10,13,22H2,1-2H3. The van der Waals surface area contributed by atoms with Crippen LogP contribution in [0.25, 0.3) is 0 Å². The summed E-state index contributed by atoms with van der Waals surface area (Å²) in [4.78, 5) is 17.2. The van der Waals surface area contributed by atoms with Crippen LogP contribution < -0.4 is 15.4 Å². The van der Waals surface area contributed by atoms with Gasteiger partial charge in [-0.25, -0.2) is 0 Å². The smallest absolute Gasteiger partial charge is 0.257 e. The lowest BCUT2D eigenvalue weighted by atomic mass is 10.0. The minimum Gasteiger partial charge on any atom is -0.496 e. The second-order valence-electron chi connectivity index (χ2n) is 6.57. The number of nitrogens with two attached hydrogens (primary N) is 1. The van der Waals surface area contributed by atoms with Gasteiger partial charge in [0, 0.05) is 37.9 Å². The van der Waals surface area contributed by atoms with Crippen LogP contribution in [0.3, 0.4) is 0 Å². The van der Waals surface area contributed by atoms with Gasteiger partial charge in [0.1, 0.15) is 5.75 Å². The molecule has 2 aromatic rings. The predicted molar refractivity (Wildman–Crippen MR) is 106 cm³/mol. The van der Waals surface area contributed by atoms with Crippen molar-refractivity contribution in [2.45, 2.75) is 18.9 Å². The molecule has 2 aromatic carbocycles. The van der Waals surface area contributed by atoms with E-state index in [4.69, 9.17) is 22.1 Å². The van der Waals surface area contributed by atoms with Crippen LogP contribution in [0.15, 0.2) is 42.5 Å². The summed E-state index contributed by atoms with van der Waals surface area (Å²) < 4.78 is 5.33. The van der Waals surface area contributed by atoms with E-state index < -0.39 is 0 Å². The fourth-order valence-electron chi connectivity index (χ4n) is 3.41. The normalized spacial score (nSPS) is 17.0. The number of hydrogen-bond acceptors (Lipinski definition) is 4. The van der Waals surface area contributed by atoms with E-state index in [1.807, 2.05) is 25.2 Å². The molecule has 0 saturated carbocycles. The van der Waals surface area contributed by atoms with Crippen molar-refractivity contribution in [1.82, 2.24) is 4.90 Å². The maximum absolute atomic E-state index is 13.1. The van der Waals surface area contributed by atoms with Crippen LogP contribution in [0.1, 0.15) is 23.2 Å². The Morgan fingerprint density at radius 1 is 1.31 bits per heavy atom. The molecule has 0 radical (unpaired) electrons. The molecule has 1 unspecified atom stereocenters. The third-order valence-corrected chi connectivity index (χ3v) is 5.26. The third-order valence-electron chi connectivity index (χ3n) is 4.94. The van der Waals surface area contributed by atoms with Crippen LogP contribution in [-0.4, -0.2) is 44.1 Å². The number of nitrogens with zero attached hydrogens (tertiary/aromatic N) is 2. The molecule has 1 atom stereocenters. The zero-order valence-electron chi connectivity index (χ0n) is 15.1. The van der Waals surface area contributed by atoms with Gasteiger partial charge in [-0.1, -0.05) is 29.8 Å². The first-order valence-corrected chi connectivity index (χ1v) is 9.09. The number of carbonyl (C=O) groups excluding carboxylic acids is 1. The van der Waals surface area contributed by atoms with Crippen molar-refractivity contribution >= 4 is 28.9 Å². The van der Waals surface area contributed by atoms with Crippen molar-refractivity contribution < 1.29 is 9.53 Å². The molecule has 2 N–H and O–H groups in total. The van der Waals surface area contributed by atoms with Crippen LogP contribution in [0, 0.1) is 0 Å². The number of para-hydroxylation sites is 1. The number of likely N-dealkylation sites (N-methyl/N-ethyl adjacent to an activating group) is 1. The molecular formula is C20H24ClN3O2. The topological polar surface area (TPSA) is 58.8 Å². The molecule has 1 amide bonds. The molecule has 0 spiro atoms. The second-order valence-corrected chi connectivity index (χ2v) is 6.97. The molecule has 0 aromatic heterocycles. The van der Waals surface area contributed by atoms with Gasteiger partial charge in [0.15, 0.2) is 0 Å². The number of rotatable bonds is 4. The van der Waals surface area contributed by atoms with E-state index in [0.29, 0.717) is 22.0 Å². The van der Waals surface area contributed by atoms with Crippen molar-refractivity contribution in [3.05, 3.63) is 53.1 Å². The Labute approximate surface area is 159 Å². The molecule has 3 rings (SSSR count). The van der Waals surface area contributed by atoms with Crippen molar-refractivity contribution in [2.24, 2.45) is 0 Å². The van der Waals surface area contributed by atoms with Crippen LogP contribution in [0.4, 0.5) is 11.4 Å². The zero-order chi connectivity index (χ0) is 18.7. The molecule has 5 nitrogen and oxygen atoms in total. The van der Waals surface area contributed by atoms with Crippen molar-refractivity contribution in [3.63, 3.8) is 0 Å². The molecule has 0 aliphatic carbocycles. The summed E-state index contributed by atoms with van der Waals surface area (Å²) in [7, 11) is 3.36. The number of piperidine rings is 1. The second kappa shape index (κ2) is 7.87. The van der Waals surface area contributed by atoms with E-state index in [9.17, 15) is 4.79 Å². The van der Waals surface area contributed by atoms with E-state index in [1.54, 1.807) is 17.0 Å². The fourth-order valence-corrected chi connectivity index (χ4v) is 3.57.